The van der Waals surface area contributed by atoms with E-state index in [-0.39, 0.29) is 10.4 Å². The van der Waals surface area contributed by atoms with Crippen LogP contribution in [0.25, 0.3) is 0 Å². The molecule has 1 aromatic rings. The molecule has 1 aliphatic rings. The van der Waals surface area contributed by atoms with Gasteiger partial charge in [-0.2, -0.15) is 0 Å². The van der Waals surface area contributed by atoms with E-state index < -0.39 is 10.0 Å². The van der Waals surface area contributed by atoms with Gasteiger partial charge in [-0.25, -0.2) is 13.1 Å². The summed E-state index contributed by atoms with van der Waals surface area (Å²) in [5.74, 6) is 0. The van der Waals surface area contributed by atoms with Gasteiger partial charge < -0.3 is 0 Å². The van der Waals surface area contributed by atoms with Gasteiger partial charge in [0.1, 0.15) is 0 Å². The lowest BCUT2D eigenvalue weighted by atomic mass is 10.0. The molecule has 0 heterocycles. The largest absolute Gasteiger partial charge is 0.242 e. The van der Waals surface area contributed by atoms with Gasteiger partial charge >= 0.3 is 0 Å². The lowest BCUT2D eigenvalue weighted by molar-refractivity contribution is 0.427. The first-order chi connectivity index (χ1) is 8.73. The molecule has 0 spiro atoms. The molecule has 2 rings (SSSR count). The number of hydrogen-bond acceptors (Lipinski definition) is 2. The third kappa shape index (κ3) is 3.40. The zero-order chi connectivity index (χ0) is 14.3. The van der Waals surface area contributed by atoms with Gasteiger partial charge in [-0.15, -0.1) is 0 Å². The van der Waals surface area contributed by atoms with E-state index in [2.05, 4.69) is 36.6 Å². The van der Waals surface area contributed by atoms with Gasteiger partial charge in [0.15, 0.2) is 0 Å². The third-order valence-corrected chi connectivity index (χ3v) is 7.04. The van der Waals surface area contributed by atoms with E-state index in [0.29, 0.717) is 4.47 Å². The fourth-order valence-corrected chi connectivity index (χ4v) is 5.61. The van der Waals surface area contributed by atoms with Crippen molar-refractivity contribution in [1.82, 2.24) is 4.72 Å². The van der Waals surface area contributed by atoms with Gasteiger partial charge in [-0.05, 0) is 60.3 Å². The van der Waals surface area contributed by atoms with Crippen molar-refractivity contribution in [2.24, 2.45) is 0 Å². The highest BCUT2D eigenvalue weighted by molar-refractivity contribution is 9.11. The number of halogens is 2. The Hall–Kier alpha value is 0.0900. The number of benzene rings is 1. The van der Waals surface area contributed by atoms with Gasteiger partial charge in [-0.1, -0.05) is 28.8 Å². The summed E-state index contributed by atoms with van der Waals surface area (Å²) < 4.78 is 29.3. The van der Waals surface area contributed by atoms with Crippen molar-refractivity contribution in [3.05, 3.63) is 26.6 Å². The minimum absolute atomic E-state index is 0.290. The molecule has 3 nitrogen and oxygen atoms in total. The van der Waals surface area contributed by atoms with Gasteiger partial charge in [0, 0.05) is 14.5 Å². The number of nitrogens with one attached hydrogen (secondary N) is 1. The number of aryl methyl sites for hydroxylation is 1. The Morgan fingerprint density at radius 1 is 1.16 bits per heavy atom. The van der Waals surface area contributed by atoms with Crippen molar-refractivity contribution >= 4 is 41.9 Å². The van der Waals surface area contributed by atoms with Crippen LogP contribution in [0.3, 0.4) is 0 Å². The normalized spacial score (nSPS) is 18.7. The average Bonchev–Trinajstić information content (AvgIpc) is 2.68. The number of sulfonamides is 1. The SMILES string of the molecule is Cc1cc(Br)c(S(=O)(=O)NC2(C)CCCC2)cc1Br. The fourth-order valence-electron chi connectivity index (χ4n) is 2.47. The maximum atomic E-state index is 12.5. The summed E-state index contributed by atoms with van der Waals surface area (Å²) >= 11 is 6.73. The monoisotopic (exact) mass is 409 g/mol. The van der Waals surface area contributed by atoms with Gasteiger partial charge in [0.25, 0.3) is 0 Å². The Morgan fingerprint density at radius 2 is 1.74 bits per heavy atom. The van der Waals surface area contributed by atoms with Crippen LogP contribution in [0.2, 0.25) is 0 Å². The lowest BCUT2D eigenvalue weighted by Crippen LogP contribution is -2.43. The van der Waals surface area contributed by atoms with E-state index in [1.54, 1.807) is 6.07 Å². The van der Waals surface area contributed by atoms with Crippen molar-refractivity contribution in [2.75, 3.05) is 0 Å². The first kappa shape index (κ1) is 15.5. The summed E-state index contributed by atoms with van der Waals surface area (Å²) in [7, 11) is -3.50. The quantitative estimate of drug-likeness (QED) is 0.813. The molecule has 0 bridgehead atoms. The summed E-state index contributed by atoms with van der Waals surface area (Å²) in [5, 5.41) is 0. The summed E-state index contributed by atoms with van der Waals surface area (Å²) in [6.07, 6.45) is 3.96. The predicted octanol–water partition coefficient (Wildman–Crippen LogP) is 4.13. The highest BCUT2D eigenvalue weighted by atomic mass is 79.9. The molecule has 0 unspecified atom stereocenters. The zero-order valence-corrected chi connectivity index (χ0v) is 15.0. The molecule has 1 saturated carbocycles. The second kappa shape index (κ2) is 5.47. The standard InChI is InChI=1S/C13H17Br2NO2S/c1-9-7-11(15)12(8-10(9)14)19(17,18)16-13(2)5-3-4-6-13/h7-8,16H,3-6H2,1-2H3. The molecule has 1 aromatic carbocycles. The van der Waals surface area contributed by atoms with Crippen LogP contribution in [-0.2, 0) is 10.0 Å². The molecule has 0 amide bonds. The predicted molar refractivity (Wildman–Crippen MR) is 83.8 cm³/mol. The molecule has 1 fully saturated rings. The van der Waals surface area contributed by atoms with Crippen LogP contribution in [-0.4, -0.2) is 14.0 Å². The second-order valence-corrected chi connectivity index (χ2v) is 8.76. The summed E-state index contributed by atoms with van der Waals surface area (Å²) in [6.45, 7) is 3.91. The van der Waals surface area contributed by atoms with Crippen molar-refractivity contribution in [1.29, 1.82) is 0 Å². The van der Waals surface area contributed by atoms with E-state index in [0.717, 1.165) is 35.7 Å². The summed E-state index contributed by atoms with van der Waals surface area (Å²) in [6, 6.07) is 3.47. The van der Waals surface area contributed by atoms with E-state index in [1.807, 2.05) is 19.9 Å². The Labute approximate surface area is 131 Å². The smallest absolute Gasteiger partial charge is 0.207 e. The molecule has 0 radical (unpaired) electrons. The van der Waals surface area contributed by atoms with Gasteiger partial charge in [0.2, 0.25) is 10.0 Å². The molecule has 0 atom stereocenters. The van der Waals surface area contributed by atoms with E-state index in [1.165, 1.54) is 0 Å². The van der Waals surface area contributed by atoms with Gasteiger partial charge in [0.05, 0.1) is 4.90 Å². The Balaban J connectivity index is 2.37. The average molecular weight is 411 g/mol. The van der Waals surface area contributed by atoms with Crippen molar-refractivity contribution in [2.45, 2.75) is 50.0 Å². The van der Waals surface area contributed by atoms with E-state index in [9.17, 15) is 8.42 Å². The molecular formula is C13H17Br2NO2S. The summed E-state index contributed by atoms with van der Waals surface area (Å²) in [5.41, 5.74) is 0.688. The van der Waals surface area contributed by atoms with Crippen molar-refractivity contribution in [3.63, 3.8) is 0 Å². The molecule has 0 aromatic heterocycles. The molecule has 0 saturated heterocycles. The Morgan fingerprint density at radius 3 is 2.32 bits per heavy atom. The van der Waals surface area contributed by atoms with E-state index in [4.69, 9.17) is 0 Å². The van der Waals surface area contributed by atoms with Crippen LogP contribution in [0.15, 0.2) is 26.0 Å². The summed E-state index contributed by atoms with van der Waals surface area (Å²) in [4.78, 5) is 0.290. The van der Waals surface area contributed by atoms with Crippen molar-refractivity contribution in [3.8, 4) is 0 Å². The molecule has 1 N–H and O–H groups in total. The van der Waals surface area contributed by atoms with Crippen LogP contribution in [0.4, 0.5) is 0 Å². The third-order valence-electron chi connectivity index (χ3n) is 3.59. The molecule has 19 heavy (non-hydrogen) atoms. The number of rotatable bonds is 3. The van der Waals surface area contributed by atoms with E-state index >= 15 is 0 Å². The topological polar surface area (TPSA) is 46.2 Å². The van der Waals surface area contributed by atoms with Crippen LogP contribution >= 0.6 is 31.9 Å². The van der Waals surface area contributed by atoms with Crippen LogP contribution in [0.5, 0.6) is 0 Å². The zero-order valence-electron chi connectivity index (χ0n) is 11.0. The maximum Gasteiger partial charge on any atom is 0.242 e. The van der Waals surface area contributed by atoms with Gasteiger partial charge in [-0.3, -0.25) is 0 Å². The molecule has 1 aliphatic carbocycles. The molecule has 6 heteroatoms. The first-order valence-corrected chi connectivity index (χ1v) is 9.30. The Kier molecular flexibility index (Phi) is 4.45. The highest BCUT2D eigenvalue weighted by Crippen LogP contribution is 2.33. The maximum absolute atomic E-state index is 12.5. The van der Waals surface area contributed by atoms with Crippen LogP contribution in [0.1, 0.15) is 38.2 Å². The minimum Gasteiger partial charge on any atom is -0.207 e. The second-order valence-electron chi connectivity index (χ2n) is 5.41. The molecule has 0 aliphatic heterocycles. The first-order valence-electron chi connectivity index (χ1n) is 6.23. The van der Waals surface area contributed by atoms with Crippen LogP contribution in [0, 0.1) is 6.92 Å². The lowest BCUT2D eigenvalue weighted by Gasteiger charge is -2.25. The molecule has 106 valence electrons. The molecular weight excluding hydrogens is 394 g/mol. The number of hydrogen-bond donors (Lipinski definition) is 1. The minimum atomic E-state index is -3.50. The highest BCUT2D eigenvalue weighted by Gasteiger charge is 2.34. The fraction of sp³-hybridized carbons (Fsp3) is 0.538. The van der Waals surface area contributed by atoms with Crippen molar-refractivity contribution < 1.29 is 8.42 Å². The van der Waals surface area contributed by atoms with Crippen LogP contribution < -0.4 is 4.72 Å². The Bertz CT molecular complexity index is 593.